The highest BCUT2D eigenvalue weighted by atomic mass is 19.1. The number of halogens is 1. The van der Waals surface area contributed by atoms with Crippen LogP contribution in [0.15, 0.2) is 77.4 Å². The van der Waals surface area contributed by atoms with E-state index in [1.807, 2.05) is 5.32 Å². The Hall–Kier alpha value is -4.53. The van der Waals surface area contributed by atoms with E-state index < -0.39 is 30.3 Å². The summed E-state index contributed by atoms with van der Waals surface area (Å²) in [4.78, 5) is 41.1. The SMILES string of the molecule is O=C(COC(=O)c1cc(-c2ccco2)nc2ccccc12)NC(=O)Nc1ccccc1F. The molecule has 0 spiro atoms. The predicted octanol–water partition coefficient (Wildman–Crippen LogP) is 4.14. The van der Waals surface area contributed by atoms with Crippen molar-refractivity contribution in [3.8, 4) is 11.5 Å². The lowest BCUT2D eigenvalue weighted by atomic mass is 10.1. The van der Waals surface area contributed by atoms with Gasteiger partial charge in [0, 0.05) is 5.39 Å². The number of nitrogens with one attached hydrogen (secondary N) is 2. The number of rotatable bonds is 5. The summed E-state index contributed by atoms with van der Waals surface area (Å²) < 4.78 is 24.0. The topological polar surface area (TPSA) is 111 Å². The van der Waals surface area contributed by atoms with E-state index in [0.29, 0.717) is 22.4 Å². The molecule has 0 aliphatic carbocycles. The number of fused-ring (bicyclic) bond motifs is 1. The van der Waals surface area contributed by atoms with Gasteiger partial charge in [-0.2, -0.15) is 0 Å². The van der Waals surface area contributed by atoms with Gasteiger partial charge in [-0.25, -0.2) is 19.0 Å². The molecule has 0 radical (unpaired) electrons. The second-order valence-corrected chi connectivity index (χ2v) is 6.61. The first kappa shape index (κ1) is 20.7. The molecule has 0 aliphatic rings. The summed E-state index contributed by atoms with van der Waals surface area (Å²) in [6, 6.07) is 16.4. The van der Waals surface area contributed by atoms with Crippen molar-refractivity contribution in [2.45, 2.75) is 0 Å². The number of ether oxygens (including phenoxy) is 1. The smallest absolute Gasteiger partial charge is 0.339 e. The Bertz CT molecular complexity index is 1300. The van der Waals surface area contributed by atoms with E-state index in [0.717, 1.165) is 6.07 Å². The number of imide groups is 1. The van der Waals surface area contributed by atoms with Crippen LogP contribution in [0, 0.1) is 5.82 Å². The third kappa shape index (κ3) is 4.62. The molecule has 0 atom stereocenters. The van der Waals surface area contributed by atoms with E-state index in [1.165, 1.54) is 30.5 Å². The van der Waals surface area contributed by atoms with Crippen LogP contribution < -0.4 is 10.6 Å². The van der Waals surface area contributed by atoms with Crippen molar-refractivity contribution in [3.05, 3.63) is 84.4 Å². The first-order valence-electron chi connectivity index (χ1n) is 9.47. The number of urea groups is 1. The maximum atomic E-state index is 13.6. The quantitative estimate of drug-likeness (QED) is 0.458. The van der Waals surface area contributed by atoms with Gasteiger partial charge in [0.2, 0.25) is 0 Å². The number of furan rings is 1. The lowest BCUT2D eigenvalue weighted by Crippen LogP contribution is -2.37. The first-order valence-corrected chi connectivity index (χ1v) is 9.47. The number of amides is 3. The molecule has 0 saturated heterocycles. The summed E-state index contributed by atoms with van der Waals surface area (Å²) >= 11 is 0. The van der Waals surface area contributed by atoms with E-state index >= 15 is 0 Å². The highest BCUT2D eigenvalue weighted by Crippen LogP contribution is 2.25. The molecule has 2 N–H and O–H groups in total. The van der Waals surface area contributed by atoms with Gasteiger partial charge in [-0.15, -0.1) is 0 Å². The predicted molar refractivity (Wildman–Crippen MR) is 113 cm³/mol. The number of benzene rings is 2. The maximum absolute atomic E-state index is 13.6. The van der Waals surface area contributed by atoms with Gasteiger partial charge in [0.15, 0.2) is 12.4 Å². The van der Waals surface area contributed by atoms with Crippen LogP contribution in [0.5, 0.6) is 0 Å². The summed E-state index contributed by atoms with van der Waals surface area (Å²) in [6.07, 6.45) is 1.49. The fourth-order valence-corrected chi connectivity index (χ4v) is 2.98. The molecule has 2 heterocycles. The molecule has 9 heteroatoms. The molecule has 3 amide bonds. The second-order valence-electron chi connectivity index (χ2n) is 6.61. The average molecular weight is 433 g/mol. The van der Waals surface area contributed by atoms with Gasteiger partial charge in [0.05, 0.1) is 23.0 Å². The van der Waals surface area contributed by atoms with Gasteiger partial charge in [0.25, 0.3) is 5.91 Å². The molecule has 32 heavy (non-hydrogen) atoms. The minimum atomic E-state index is -0.953. The Labute approximate surface area is 181 Å². The van der Waals surface area contributed by atoms with Gasteiger partial charge in [-0.1, -0.05) is 30.3 Å². The molecule has 2 aromatic heterocycles. The zero-order chi connectivity index (χ0) is 22.5. The molecule has 2 aromatic carbocycles. The van der Waals surface area contributed by atoms with E-state index in [9.17, 15) is 18.8 Å². The summed E-state index contributed by atoms with van der Waals surface area (Å²) in [5.41, 5.74) is 1.06. The molecule has 160 valence electrons. The molecule has 0 fully saturated rings. The molecule has 4 rings (SSSR count). The molecule has 0 saturated carbocycles. The molecular weight excluding hydrogens is 417 g/mol. The second kappa shape index (κ2) is 9.09. The minimum absolute atomic E-state index is 0.0940. The van der Waals surface area contributed by atoms with Gasteiger partial charge < -0.3 is 14.5 Å². The highest BCUT2D eigenvalue weighted by molar-refractivity contribution is 6.06. The fourth-order valence-electron chi connectivity index (χ4n) is 2.98. The molecule has 8 nitrogen and oxygen atoms in total. The van der Waals surface area contributed by atoms with E-state index in [-0.39, 0.29) is 11.3 Å². The zero-order valence-electron chi connectivity index (χ0n) is 16.5. The van der Waals surface area contributed by atoms with Crippen molar-refractivity contribution < 1.29 is 27.9 Å². The van der Waals surface area contributed by atoms with Crippen LogP contribution in [0.25, 0.3) is 22.4 Å². The maximum Gasteiger partial charge on any atom is 0.339 e. The molecular formula is C23H16FN3O5. The van der Waals surface area contributed by atoms with Crippen molar-refractivity contribution in [2.75, 3.05) is 11.9 Å². The van der Waals surface area contributed by atoms with Crippen LogP contribution in [-0.2, 0) is 9.53 Å². The third-order valence-electron chi connectivity index (χ3n) is 4.42. The number of hydrogen-bond acceptors (Lipinski definition) is 6. The Balaban J connectivity index is 1.44. The van der Waals surface area contributed by atoms with Gasteiger partial charge in [0.1, 0.15) is 11.5 Å². The lowest BCUT2D eigenvalue weighted by molar-refractivity contribution is -0.123. The number of anilines is 1. The van der Waals surface area contributed by atoms with Crippen molar-refractivity contribution in [1.82, 2.24) is 10.3 Å². The van der Waals surface area contributed by atoms with Crippen LogP contribution in [-0.4, -0.2) is 29.5 Å². The van der Waals surface area contributed by atoms with E-state index in [1.54, 1.807) is 36.4 Å². The van der Waals surface area contributed by atoms with Crippen LogP contribution in [0.2, 0.25) is 0 Å². The third-order valence-corrected chi connectivity index (χ3v) is 4.42. The largest absolute Gasteiger partial charge is 0.463 e. The zero-order valence-corrected chi connectivity index (χ0v) is 16.5. The number of pyridine rings is 1. The number of aromatic nitrogens is 1. The number of carbonyl (C=O) groups excluding carboxylic acids is 3. The normalized spacial score (nSPS) is 10.5. The standard InChI is InChI=1S/C23H16FN3O5/c24-16-7-2-4-9-18(16)26-23(30)27-21(28)13-32-22(29)15-12-19(20-10-5-11-31-20)25-17-8-3-1-6-14(15)17/h1-12H,13H2,(H2,26,27,28,30). The molecule has 0 unspecified atom stereocenters. The van der Waals surface area contributed by atoms with Crippen LogP contribution >= 0.6 is 0 Å². The summed E-state index contributed by atoms with van der Waals surface area (Å²) in [7, 11) is 0. The van der Waals surface area contributed by atoms with Crippen LogP contribution in [0.4, 0.5) is 14.9 Å². The number of hydrogen-bond donors (Lipinski definition) is 2. The average Bonchev–Trinajstić information content (AvgIpc) is 3.33. The van der Waals surface area contributed by atoms with Crippen molar-refractivity contribution in [3.63, 3.8) is 0 Å². The fraction of sp³-hybridized carbons (Fsp3) is 0.0435. The van der Waals surface area contributed by atoms with Crippen molar-refractivity contribution in [1.29, 1.82) is 0 Å². The van der Waals surface area contributed by atoms with Crippen LogP contribution in [0.1, 0.15) is 10.4 Å². The number of carbonyl (C=O) groups is 3. The Morgan fingerprint density at radius 3 is 2.56 bits per heavy atom. The molecule has 0 aliphatic heterocycles. The Morgan fingerprint density at radius 2 is 1.78 bits per heavy atom. The van der Waals surface area contributed by atoms with E-state index in [2.05, 4.69) is 10.3 Å². The van der Waals surface area contributed by atoms with Gasteiger partial charge in [-0.05, 0) is 36.4 Å². The summed E-state index contributed by atoms with van der Waals surface area (Å²) in [5.74, 6) is -1.84. The highest BCUT2D eigenvalue weighted by Gasteiger charge is 2.18. The van der Waals surface area contributed by atoms with Crippen LogP contribution in [0.3, 0.4) is 0 Å². The molecule has 0 bridgehead atoms. The summed E-state index contributed by atoms with van der Waals surface area (Å²) in [6.45, 7) is -0.712. The lowest BCUT2D eigenvalue weighted by Gasteiger charge is -2.10. The first-order chi connectivity index (χ1) is 15.5. The number of esters is 1. The number of nitrogens with zero attached hydrogens (tertiary/aromatic N) is 1. The Kier molecular flexibility index (Phi) is 5.89. The Morgan fingerprint density at radius 1 is 1.00 bits per heavy atom. The summed E-state index contributed by atoms with van der Waals surface area (Å²) in [5, 5.41) is 4.71. The molecule has 4 aromatic rings. The van der Waals surface area contributed by atoms with Crippen molar-refractivity contribution >= 4 is 34.5 Å². The minimum Gasteiger partial charge on any atom is -0.463 e. The monoisotopic (exact) mass is 433 g/mol. The van der Waals surface area contributed by atoms with Gasteiger partial charge in [-0.3, -0.25) is 10.1 Å². The van der Waals surface area contributed by atoms with Gasteiger partial charge >= 0.3 is 12.0 Å². The van der Waals surface area contributed by atoms with E-state index in [4.69, 9.17) is 9.15 Å². The number of para-hydroxylation sites is 2. The van der Waals surface area contributed by atoms with Crippen molar-refractivity contribution in [2.24, 2.45) is 0 Å².